The molecule has 0 radical (unpaired) electrons. The van der Waals surface area contributed by atoms with Crippen molar-refractivity contribution in [3.05, 3.63) is 60.0 Å². The Bertz CT molecular complexity index is 1650. The van der Waals surface area contributed by atoms with Crippen molar-refractivity contribution in [3.8, 4) is 28.3 Å². The van der Waals surface area contributed by atoms with Crippen molar-refractivity contribution in [2.24, 2.45) is 0 Å². The number of hydrogen-bond acceptors (Lipinski definition) is 8. The first kappa shape index (κ1) is 30.3. The van der Waals surface area contributed by atoms with Crippen molar-refractivity contribution < 1.29 is 27.0 Å². The number of hydrogen-bond donors (Lipinski definition) is 3. The zero-order valence-electron chi connectivity index (χ0n) is 24.0. The van der Waals surface area contributed by atoms with Gasteiger partial charge < -0.3 is 20.1 Å². The highest BCUT2D eigenvalue weighted by atomic mass is 32.2. The third-order valence-electron chi connectivity index (χ3n) is 8.00. The summed E-state index contributed by atoms with van der Waals surface area (Å²) in [6.07, 6.45) is 3.71. The fraction of sp³-hybridized carbons (Fsp3) is 0.387. The van der Waals surface area contributed by atoms with Crippen molar-refractivity contribution in [2.45, 2.75) is 44.4 Å². The van der Waals surface area contributed by atoms with E-state index in [2.05, 4.69) is 14.6 Å². The molecule has 0 amide bonds. The van der Waals surface area contributed by atoms with Crippen LogP contribution in [0.25, 0.3) is 33.4 Å². The van der Waals surface area contributed by atoms with Gasteiger partial charge in [-0.15, -0.1) is 0 Å². The number of nitrogen functional groups attached to an aromatic ring is 1. The molecule has 2 aromatic heterocycles. The summed E-state index contributed by atoms with van der Waals surface area (Å²) in [5.74, 6) is 1.31. The van der Waals surface area contributed by atoms with E-state index in [1.807, 2.05) is 12.1 Å². The molecule has 3 heterocycles. The molecule has 4 N–H and O–H groups in total. The predicted octanol–water partition coefficient (Wildman–Crippen LogP) is 5.37. The topological polar surface area (TPSA) is 136 Å². The van der Waals surface area contributed by atoms with Crippen molar-refractivity contribution >= 4 is 33.8 Å². The first-order valence-electron chi connectivity index (χ1n) is 14.7. The van der Waals surface area contributed by atoms with Gasteiger partial charge in [0, 0.05) is 47.9 Å². The van der Waals surface area contributed by atoms with E-state index in [-0.39, 0.29) is 30.2 Å². The molecule has 1 aliphatic heterocycles. The molecule has 0 bridgehead atoms. The Morgan fingerprint density at radius 1 is 1.14 bits per heavy atom. The molecule has 2 unspecified atom stereocenters. The largest absolute Gasteiger partial charge is 0.488 e. The van der Waals surface area contributed by atoms with Crippen LogP contribution >= 0.6 is 0 Å². The highest BCUT2D eigenvalue weighted by molar-refractivity contribution is 7.77. The van der Waals surface area contributed by atoms with Crippen LogP contribution in [0.5, 0.6) is 5.75 Å². The number of alkyl halides is 1. The van der Waals surface area contributed by atoms with Crippen molar-refractivity contribution in [1.29, 1.82) is 0 Å². The van der Waals surface area contributed by atoms with Crippen LogP contribution in [0.15, 0.2) is 48.7 Å². The van der Waals surface area contributed by atoms with Gasteiger partial charge in [0.1, 0.15) is 34.9 Å². The lowest BCUT2D eigenvalue weighted by atomic mass is 9.97. The Labute approximate surface area is 256 Å². The number of pyridine rings is 1. The Hall–Kier alpha value is -3.78. The highest BCUT2D eigenvalue weighted by Gasteiger charge is 2.25. The van der Waals surface area contributed by atoms with Crippen LogP contribution in [-0.4, -0.2) is 62.7 Å². The number of nitrogens with two attached hydrogens (primary N) is 1. The van der Waals surface area contributed by atoms with Crippen LogP contribution in [0.4, 0.5) is 20.4 Å². The molecule has 1 saturated heterocycles. The van der Waals surface area contributed by atoms with Gasteiger partial charge in [-0.3, -0.25) is 4.55 Å². The van der Waals surface area contributed by atoms with Crippen LogP contribution in [0.2, 0.25) is 0 Å². The number of nitrogens with one attached hydrogen (secondary N) is 1. The van der Waals surface area contributed by atoms with E-state index in [4.69, 9.17) is 29.7 Å². The number of morpholine rings is 1. The second-order valence-corrected chi connectivity index (χ2v) is 11.7. The zero-order chi connectivity index (χ0) is 30.6. The molecule has 44 heavy (non-hydrogen) atoms. The summed E-state index contributed by atoms with van der Waals surface area (Å²) >= 11 is -2.27. The summed E-state index contributed by atoms with van der Waals surface area (Å²) in [7, 11) is 0. The third kappa shape index (κ3) is 6.65. The lowest BCUT2D eigenvalue weighted by Crippen LogP contribution is -2.37. The molecule has 2 aliphatic rings. The average Bonchev–Trinajstić information content (AvgIpc) is 3.54. The Morgan fingerprint density at radius 2 is 1.93 bits per heavy atom. The Morgan fingerprint density at radius 3 is 2.66 bits per heavy atom. The van der Waals surface area contributed by atoms with Gasteiger partial charge in [-0.25, -0.2) is 32.7 Å². The molecular formula is C31H34F2N6O4S. The van der Waals surface area contributed by atoms with Gasteiger partial charge in [0.25, 0.3) is 0 Å². The minimum absolute atomic E-state index is 0.00660. The van der Waals surface area contributed by atoms with E-state index in [1.165, 1.54) is 6.07 Å². The fourth-order valence-electron chi connectivity index (χ4n) is 5.74. The number of anilines is 2. The van der Waals surface area contributed by atoms with Gasteiger partial charge >= 0.3 is 0 Å². The molecule has 2 atom stereocenters. The predicted molar refractivity (Wildman–Crippen MR) is 166 cm³/mol. The Balaban J connectivity index is 1.50. The first-order chi connectivity index (χ1) is 21.4. The van der Waals surface area contributed by atoms with E-state index in [0.717, 1.165) is 25.7 Å². The van der Waals surface area contributed by atoms with Crippen LogP contribution < -0.4 is 20.1 Å². The summed E-state index contributed by atoms with van der Waals surface area (Å²) in [5.41, 5.74) is 7.71. The van der Waals surface area contributed by atoms with E-state index in [1.54, 1.807) is 30.5 Å². The molecule has 232 valence electrons. The van der Waals surface area contributed by atoms with E-state index < -0.39 is 23.3 Å². The lowest BCUT2D eigenvalue weighted by molar-refractivity contribution is 0.122. The third-order valence-corrected chi connectivity index (χ3v) is 8.45. The number of benzene rings is 2. The van der Waals surface area contributed by atoms with E-state index in [0.29, 0.717) is 71.5 Å². The molecule has 2 fully saturated rings. The number of rotatable bonds is 10. The van der Waals surface area contributed by atoms with Crippen LogP contribution in [0.3, 0.4) is 0 Å². The highest BCUT2D eigenvalue weighted by Crippen LogP contribution is 2.40. The first-order valence-corrected chi connectivity index (χ1v) is 15.8. The summed E-state index contributed by atoms with van der Waals surface area (Å²) in [6, 6.07) is 11.7. The molecule has 6 rings (SSSR count). The molecule has 1 saturated carbocycles. The van der Waals surface area contributed by atoms with E-state index in [9.17, 15) is 4.21 Å². The van der Waals surface area contributed by atoms with Gasteiger partial charge in [0.05, 0.1) is 19.3 Å². The van der Waals surface area contributed by atoms with Gasteiger partial charge in [-0.05, 0) is 61.9 Å². The second-order valence-electron chi connectivity index (χ2n) is 10.9. The molecular weight excluding hydrogens is 590 g/mol. The lowest BCUT2D eigenvalue weighted by Gasteiger charge is -2.29. The maximum absolute atomic E-state index is 16.0. The number of ether oxygens (including phenoxy) is 2. The maximum Gasteiger partial charge on any atom is 0.231 e. The minimum atomic E-state index is -2.27. The number of fused-ring (bicyclic) bond motifs is 1. The molecule has 0 spiro atoms. The smallest absolute Gasteiger partial charge is 0.231 e. The van der Waals surface area contributed by atoms with Crippen LogP contribution in [0, 0.1) is 5.82 Å². The molecule has 13 heteroatoms. The monoisotopic (exact) mass is 624 g/mol. The molecule has 1 aliphatic carbocycles. The Kier molecular flexibility index (Phi) is 9.26. The summed E-state index contributed by atoms with van der Waals surface area (Å²) in [4.78, 5) is 16.3. The van der Waals surface area contributed by atoms with Gasteiger partial charge in [0.15, 0.2) is 5.82 Å². The summed E-state index contributed by atoms with van der Waals surface area (Å²) in [6.45, 7) is 2.18. The molecule has 10 nitrogen and oxygen atoms in total. The average molecular weight is 625 g/mol. The normalized spacial score (nSPS) is 17.2. The number of halogens is 2. The SMILES string of the molecule is Nc1ccc(-c2nc(N3CCOCC3)c3cc(-c4cccc(C(F)CCNS(=O)O)c4F)cc(OC4CCCC4)c3n2)cn1. The quantitative estimate of drug-likeness (QED) is 0.199. The van der Waals surface area contributed by atoms with Crippen molar-refractivity contribution in [2.75, 3.05) is 43.5 Å². The summed E-state index contributed by atoms with van der Waals surface area (Å²) in [5, 5.41) is 0.681. The minimum Gasteiger partial charge on any atom is -0.488 e. The number of nitrogens with zero attached hydrogens (tertiary/aromatic N) is 4. The molecule has 2 aromatic carbocycles. The van der Waals surface area contributed by atoms with Gasteiger partial charge in [-0.1, -0.05) is 18.2 Å². The fourth-order valence-corrected chi connectivity index (χ4v) is 6.03. The molecule has 4 aromatic rings. The maximum atomic E-state index is 16.0. The van der Waals surface area contributed by atoms with Gasteiger partial charge in [-0.2, -0.15) is 0 Å². The van der Waals surface area contributed by atoms with E-state index >= 15 is 8.78 Å². The van der Waals surface area contributed by atoms with Crippen LogP contribution in [-0.2, 0) is 16.0 Å². The second kappa shape index (κ2) is 13.5. The standard InChI is InChI=1S/C31H34F2N6O4S/c32-25(10-11-36-44(40)41)23-7-3-6-22(28(23)33)20-16-24-29(26(17-20)43-21-4-1-2-5-21)37-30(19-8-9-27(34)35-18-19)38-31(24)39-12-14-42-15-13-39/h3,6-9,16-18,21,25,36H,1-2,4-5,10-15H2,(H2,34,35)(H,40,41). The van der Waals surface area contributed by atoms with Crippen molar-refractivity contribution in [3.63, 3.8) is 0 Å². The number of aromatic nitrogens is 3. The van der Waals surface area contributed by atoms with Crippen molar-refractivity contribution in [1.82, 2.24) is 19.7 Å². The summed E-state index contributed by atoms with van der Waals surface area (Å²) < 4.78 is 65.4. The van der Waals surface area contributed by atoms with Gasteiger partial charge in [0.2, 0.25) is 11.3 Å². The van der Waals surface area contributed by atoms with Crippen LogP contribution in [0.1, 0.15) is 43.8 Å². The zero-order valence-corrected chi connectivity index (χ0v) is 24.9.